The Morgan fingerprint density at radius 3 is 2.61 bits per heavy atom. The lowest BCUT2D eigenvalue weighted by Crippen LogP contribution is -2.16. The van der Waals surface area contributed by atoms with Gasteiger partial charge >= 0.3 is 0 Å². The molecular weight excluding hydrogens is 416 g/mol. The van der Waals surface area contributed by atoms with E-state index in [-0.39, 0.29) is 11.7 Å². The molecule has 0 saturated carbocycles. The number of nitrogens with zero attached hydrogens (tertiary/aromatic N) is 1. The molecule has 2 aromatic carbocycles. The van der Waals surface area contributed by atoms with Gasteiger partial charge in [0.05, 0.1) is 31.2 Å². The Kier molecular flexibility index (Phi) is 8.52. The number of nitrogen functional groups attached to an aromatic ring is 1. The molecular formula is C27H34N2O4. The van der Waals surface area contributed by atoms with Crippen LogP contribution in [0.4, 0.5) is 5.69 Å². The maximum atomic E-state index is 13.0. The highest BCUT2D eigenvalue weighted by Gasteiger charge is 2.18. The van der Waals surface area contributed by atoms with Crippen LogP contribution in [0, 0.1) is 12.8 Å². The van der Waals surface area contributed by atoms with Crippen LogP contribution >= 0.6 is 0 Å². The molecule has 0 spiro atoms. The summed E-state index contributed by atoms with van der Waals surface area (Å²) in [6.07, 6.45) is 3.23. The SMILES string of the molecule is CCCCOc1ccc(C(=O)CC(CC)COc2cccc3nc(C)cc(N)c23)cc1OC. The van der Waals surface area contributed by atoms with Crippen LogP contribution in [0.5, 0.6) is 17.2 Å². The van der Waals surface area contributed by atoms with Crippen LogP contribution in [0.3, 0.4) is 0 Å². The van der Waals surface area contributed by atoms with Crippen LogP contribution in [0.25, 0.3) is 10.9 Å². The molecule has 0 bridgehead atoms. The van der Waals surface area contributed by atoms with E-state index in [0.717, 1.165) is 35.9 Å². The summed E-state index contributed by atoms with van der Waals surface area (Å²) in [5, 5.41) is 0.813. The van der Waals surface area contributed by atoms with Crippen molar-refractivity contribution in [1.29, 1.82) is 0 Å². The van der Waals surface area contributed by atoms with Crippen LogP contribution < -0.4 is 19.9 Å². The molecule has 0 radical (unpaired) electrons. The third-order valence-electron chi connectivity index (χ3n) is 5.72. The molecule has 33 heavy (non-hydrogen) atoms. The molecule has 1 heterocycles. The fraction of sp³-hybridized carbons (Fsp3) is 0.407. The monoisotopic (exact) mass is 450 g/mol. The Morgan fingerprint density at radius 2 is 1.88 bits per heavy atom. The number of anilines is 1. The third-order valence-corrected chi connectivity index (χ3v) is 5.72. The smallest absolute Gasteiger partial charge is 0.163 e. The number of unbranched alkanes of at least 4 members (excludes halogenated alkanes) is 1. The first-order valence-electron chi connectivity index (χ1n) is 11.6. The summed E-state index contributed by atoms with van der Waals surface area (Å²) in [5.74, 6) is 2.06. The molecule has 0 fully saturated rings. The molecule has 6 nitrogen and oxygen atoms in total. The maximum Gasteiger partial charge on any atom is 0.163 e. The van der Waals surface area contributed by atoms with Crippen LogP contribution in [-0.4, -0.2) is 31.1 Å². The predicted molar refractivity (Wildman–Crippen MR) is 133 cm³/mol. The van der Waals surface area contributed by atoms with Crippen LogP contribution in [0.1, 0.15) is 55.6 Å². The molecule has 1 unspecified atom stereocenters. The zero-order valence-electron chi connectivity index (χ0n) is 20.0. The second-order valence-corrected chi connectivity index (χ2v) is 8.28. The lowest BCUT2D eigenvalue weighted by atomic mass is 9.96. The zero-order valence-corrected chi connectivity index (χ0v) is 20.0. The highest BCUT2D eigenvalue weighted by molar-refractivity contribution is 5.97. The standard InChI is InChI=1S/C27H34N2O4/c1-5-7-13-32-24-12-11-20(16-26(24)31-4)23(30)15-19(6-2)17-33-25-10-8-9-22-27(25)21(28)14-18(3)29-22/h8-12,14,16,19H,5-7,13,15,17H2,1-4H3,(H2,28,29). The molecule has 6 heteroatoms. The molecule has 0 aliphatic carbocycles. The average molecular weight is 451 g/mol. The van der Waals surface area contributed by atoms with E-state index in [1.807, 2.05) is 37.3 Å². The molecule has 0 amide bonds. The van der Waals surface area contributed by atoms with Gasteiger partial charge in [-0.05, 0) is 62.1 Å². The van der Waals surface area contributed by atoms with E-state index in [0.29, 0.717) is 48.1 Å². The number of carbonyl (C=O) groups excluding carboxylic acids is 1. The molecule has 176 valence electrons. The summed E-state index contributed by atoms with van der Waals surface area (Å²) < 4.78 is 17.3. The number of rotatable bonds is 12. The normalized spacial score (nSPS) is 11.9. The number of hydrogen-bond donors (Lipinski definition) is 1. The fourth-order valence-corrected chi connectivity index (χ4v) is 3.74. The molecule has 0 saturated heterocycles. The minimum absolute atomic E-state index is 0.0542. The summed E-state index contributed by atoms with van der Waals surface area (Å²) in [7, 11) is 1.59. The number of aryl methyl sites for hydroxylation is 1. The van der Waals surface area contributed by atoms with Crippen molar-refractivity contribution in [1.82, 2.24) is 4.98 Å². The minimum Gasteiger partial charge on any atom is -0.493 e. The van der Waals surface area contributed by atoms with E-state index in [4.69, 9.17) is 19.9 Å². The van der Waals surface area contributed by atoms with Crippen molar-refractivity contribution in [3.8, 4) is 17.2 Å². The second kappa shape index (κ2) is 11.5. The van der Waals surface area contributed by atoms with E-state index in [2.05, 4.69) is 18.8 Å². The Morgan fingerprint density at radius 1 is 1.06 bits per heavy atom. The molecule has 1 atom stereocenters. The summed E-state index contributed by atoms with van der Waals surface area (Å²) in [5.41, 5.74) is 9.17. The molecule has 1 aromatic heterocycles. The van der Waals surface area contributed by atoms with Gasteiger partial charge in [-0.3, -0.25) is 9.78 Å². The first-order valence-corrected chi connectivity index (χ1v) is 11.6. The lowest BCUT2D eigenvalue weighted by Gasteiger charge is -2.17. The molecule has 3 aromatic rings. The Labute approximate surface area is 196 Å². The van der Waals surface area contributed by atoms with Crippen molar-refractivity contribution >= 4 is 22.4 Å². The van der Waals surface area contributed by atoms with Gasteiger partial charge in [0.1, 0.15) is 5.75 Å². The van der Waals surface area contributed by atoms with E-state index in [9.17, 15) is 4.79 Å². The van der Waals surface area contributed by atoms with E-state index in [1.54, 1.807) is 19.2 Å². The van der Waals surface area contributed by atoms with E-state index >= 15 is 0 Å². The van der Waals surface area contributed by atoms with Gasteiger partial charge in [0.2, 0.25) is 0 Å². The number of benzene rings is 2. The van der Waals surface area contributed by atoms with Crippen molar-refractivity contribution < 1.29 is 19.0 Å². The van der Waals surface area contributed by atoms with Gasteiger partial charge < -0.3 is 19.9 Å². The zero-order chi connectivity index (χ0) is 23.8. The van der Waals surface area contributed by atoms with E-state index < -0.39 is 0 Å². The Bertz CT molecular complexity index is 1100. The van der Waals surface area contributed by atoms with Crippen molar-refractivity contribution in [3.05, 3.63) is 53.7 Å². The number of carbonyl (C=O) groups is 1. The Hall–Kier alpha value is -3.28. The number of nitrogens with two attached hydrogens (primary N) is 1. The van der Waals surface area contributed by atoms with Gasteiger partial charge in [0.15, 0.2) is 17.3 Å². The predicted octanol–water partition coefficient (Wildman–Crippen LogP) is 5.99. The van der Waals surface area contributed by atoms with Crippen molar-refractivity contribution in [3.63, 3.8) is 0 Å². The number of hydrogen-bond acceptors (Lipinski definition) is 6. The van der Waals surface area contributed by atoms with Gasteiger partial charge in [-0.2, -0.15) is 0 Å². The van der Waals surface area contributed by atoms with Gasteiger partial charge in [-0.15, -0.1) is 0 Å². The number of pyridine rings is 1. The largest absolute Gasteiger partial charge is 0.493 e. The summed E-state index contributed by atoms with van der Waals surface area (Å²) in [6.45, 7) is 7.15. The molecule has 0 aliphatic rings. The van der Waals surface area contributed by atoms with Gasteiger partial charge in [-0.25, -0.2) is 0 Å². The summed E-state index contributed by atoms with van der Waals surface area (Å²) in [4.78, 5) is 17.5. The van der Waals surface area contributed by atoms with Crippen LogP contribution in [0.15, 0.2) is 42.5 Å². The van der Waals surface area contributed by atoms with E-state index in [1.165, 1.54) is 0 Å². The molecule has 3 rings (SSSR count). The summed E-state index contributed by atoms with van der Waals surface area (Å²) in [6, 6.07) is 13.0. The molecule has 0 aliphatic heterocycles. The second-order valence-electron chi connectivity index (χ2n) is 8.28. The number of fused-ring (bicyclic) bond motifs is 1. The summed E-state index contributed by atoms with van der Waals surface area (Å²) >= 11 is 0. The van der Waals surface area contributed by atoms with Gasteiger partial charge in [-0.1, -0.05) is 26.3 Å². The van der Waals surface area contributed by atoms with Crippen LogP contribution in [-0.2, 0) is 0 Å². The van der Waals surface area contributed by atoms with Crippen molar-refractivity contribution in [2.75, 3.05) is 26.1 Å². The van der Waals surface area contributed by atoms with Crippen molar-refractivity contribution in [2.24, 2.45) is 5.92 Å². The quantitative estimate of drug-likeness (QED) is 0.269. The number of Topliss-reactive ketones (excluding diaryl/α,β-unsaturated/α-hetero) is 1. The highest BCUT2D eigenvalue weighted by atomic mass is 16.5. The van der Waals surface area contributed by atoms with Crippen LogP contribution in [0.2, 0.25) is 0 Å². The first kappa shape index (κ1) is 24.4. The number of ether oxygens (including phenoxy) is 3. The Balaban J connectivity index is 1.68. The number of ketones is 1. The van der Waals surface area contributed by atoms with Gasteiger partial charge in [0.25, 0.3) is 0 Å². The third kappa shape index (κ3) is 6.15. The number of methoxy groups -OCH3 is 1. The maximum absolute atomic E-state index is 13.0. The minimum atomic E-state index is 0.0542. The topological polar surface area (TPSA) is 83.7 Å². The van der Waals surface area contributed by atoms with Gasteiger partial charge in [0, 0.05) is 23.4 Å². The fourth-order valence-electron chi connectivity index (χ4n) is 3.74. The van der Waals surface area contributed by atoms with Crippen molar-refractivity contribution in [2.45, 2.75) is 46.5 Å². The number of aromatic nitrogens is 1. The highest BCUT2D eigenvalue weighted by Crippen LogP contribution is 2.32. The lowest BCUT2D eigenvalue weighted by molar-refractivity contribution is 0.0940. The molecule has 2 N–H and O–H groups in total. The average Bonchev–Trinajstić information content (AvgIpc) is 2.81. The first-order chi connectivity index (χ1) is 16.0.